The summed E-state index contributed by atoms with van der Waals surface area (Å²) in [5, 5.41) is 0.595. The molecule has 0 saturated carbocycles. The number of aryl methyl sites for hydroxylation is 1. The highest BCUT2D eigenvalue weighted by Gasteiger charge is 2.14. The molecule has 0 spiro atoms. The van der Waals surface area contributed by atoms with Crippen LogP contribution in [0.25, 0.3) is 16.7 Å². The van der Waals surface area contributed by atoms with Crippen molar-refractivity contribution in [3.05, 3.63) is 50.3 Å². The van der Waals surface area contributed by atoms with Crippen molar-refractivity contribution >= 4 is 51.2 Å². The van der Waals surface area contributed by atoms with E-state index in [4.69, 9.17) is 17.3 Å². The largest absolute Gasteiger partial charge is 0.369 e. The Balaban J connectivity index is 2.38. The summed E-state index contributed by atoms with van der Waals surface area (Å²) in [6.07, 6.45) is 0. The normalized spacial score (nSPS) is 11.2. The summed E-state index contributed by atoms with van der Waals surface area (Å²) in [4.78, 5) is 4.29. The van der Waals surface area contributed by atoms with Gasteiger partial charge in [-0.05, 0) is 53.3 Å². The zero-order valence-corrected chi connectivity index (χ0v) is 13.4. The standard InChI is InChI=1S/C14H10ClFIN3/c1-7-2-3-8(15)4-12(7)20-13-5-9(16)10(17)6-11(13)19-14(20)18/h2-6H,1H3,(H2,18,19). The fraction of sp³-hybridized carbons (Fsp3) is 0.0714. The van der Waals surface area contributed by atoms with Crippen molar-refractivity contribution in [3.8, 4) is 5.69 Å². The molecule has 2 aromatic carbocycles. The zero-order chi connectivity index (χ0) is 14.4. The first kappa shape index (κ1) is 13.6. The Morgan fingerprint density at radius 2 is 2.05 bits per heavy atom. The number of nitrogens with zero attached hydrogens (tertiary/aromatic N) is 2. The summed E-state index contributed by atoms with van der Waals surface area (Å²) in [5.41, 5.74) is 9.07. The zero-order valence-electron chi connectivity index (χ0n) is 10.5. The van der Waals surface area contributed by atoms with Gasteiger partial charge in [0.1, 0.15) is 5.82 Å². The van der Waals surface area contributed by atoms with E-state index in [1.165, 1.54) is 6.07 Å². The van der Waals surface area contributed by atoms with Crippen molar-refractivity contribution in [1.82, 2.24) is 9.55 Å². The predicted molar refractivity (Wildman–Crippen MR) is 87.9 cm³/mol. The molecular weight excluding hydrogens is 392 g/mol. The summed E-state index contributed by atoms with van der Waals surface area (Å²) in [7, 11) is 0. The van der Waals surface area contributed by atoms with Crippen LogP contribution >= 0.6 is 34.2 Å². The van der Waals surface area contributed by atoms with Gasteiger partial charge in [0.15, 0.2) is 0 Å². The van der Waals surface area contributed by atoms with Crippen LogP contribution in [-0.4, -0.2) is 9.55 Å². The van der Waals surface area contributed by atoms with Crippen molar-refractivity contribution in [2.75, 3.05) is 5.73 Å². The predicted octanol–water partition coefficient (Wildman–Crippen LogP) is 4.31. The molecular formula is C14H10ClFIN3. The van der Waals surface area contributed by atoms with Gasteiger partial charge < -0.3 is 5.73 Å². The van der Waals surface area contributed by atoms with Crippen LogP contribution in [0.1, 0.15) is 5.56 Å². The second-order valence-corrected chi connectivity index (χ2v) is 6.09. The minimum absolute atomic E-state index is 0.293. The van der Waals surface area contributed by atoms with Gasteiger partial charge in [0, 0.05) is 11.1 Å². The van der Waals surface area contributed by atoms with Crippen molar-refractivity contribution in [3.63, 3.8) is 0 Å². The lowest BCUT2D eigenvalue weighted by molar-refractivity contribution is 0.622. The highest BCUT2D eigenvalue weighted by atomic mass is 127. The lowest BCUT2D eigenvalue weighted by atomic mass is 10.2. The van der Waals surface area contributed by atoms with Gasteiger partial charge in [-0.3, -0.25) is 4.57 Å². The number of hydrogen-bond acceptors (Lipinski definition) is 2. The third kappa shape index (κ3) is 2.14. The molecule has 0 aliphatic carbocycles. The first-order chi connectivity index (χ1) is 9.47. The van der Waals surface area contributed by atoms with E-state index in [0.29, 0.717) is 25.6 Å². The van der Waals surface area contributed by atoms with Crippen molar-refractivity contribution < 1.29 is 4.39 Å². The minimum Gasteiger partial charge on any atom is -0.369 e. The third-order valence-electron chi connectivity index (χ3n) is 3.13. The molecule has 3 aromatic rings. The molecule has 0 saturated heterocycles. The van der Waals surface area contributed by atoms with Crippen LogP contribution in [0.4, 0.5) is 10.3 Å². The highest BCUT2D eigenvalue weighted by Crippen LogP contribution is 2.29. The number of benzene rings is 2. The Morgan fingerprint density at radius 1 is 1.30 bits per heavy atom. The number of anilines is 1. The van der Waals surface area contributed by atoms with Gasteiger partial charge in [-0.2, -0.15) is 0 Å². The van der Waals surface area contributed by atoms with Crippen molar-refractivity contribution in [2.45, 2.75) is 6.92 Å². The number of hydrogen-bond donors (Lipinski definition) is 1. The van der Waals surface area contributed by atoms with E-state index in [0.717, 1.165) is 11.3 Å². The first-order valence-electron chi connectivity index (χ1n) is 5.87. The molecule has 0 atom stereocenters. The van der Waals surface area contributed by atoms with Gasteiger partial charge in [-0.25, -0.2) is 9.37 Å². The van der Waals surface area contributed by atoms with E-state index in [9.17, 15) is 4.39 Å². The Morgan fingerprint density at radius 3 is 2.80 bits per heavy atom. The molecule has 1 heterocycles. The average molecular weight is 402 g/mol. The number of rotatable bonds is 1. The van der Waals surface area contributed by atoms with E-state index in [-0.39, 0.29) is 5.82 Å². The number of aromatic nitrogens is 2. The van der Waals surface area contributed by atoms with Crippen LogP contribution in [0.15, 0.2) is 30.3 Å². The maximum atomic E-state index is 13.8. The SMILES string of the molecule is Cc1ccc(Cl)cc1-n1c(N)nc2cc(I)c(F)cc21. The first-order valence-corrected chi connectivity index (χ1v) is 7.32. The van der Waals surface area contributed by atoms with Crippen LogP contribution in [0.2, 0.25) is 5.02 Å². The van der Waals surface area contributed by atoms with E-state index in [1.807, 2.05) is 35.6 Å². The molecule has 0 radical (unpaired) electrons. The molecule has 0 amide bonds. The molecule has 0 fully saturated rings. The van der Waals surface area contributed by atoms with E-state index >= 15 is 0 Å². The Labute approximate surface area is 133 Å². The van der Waals surface area contributed by atoms with Gasteiger partial charge in [0.05, 0.1) is 20.3 Å². The fourth-order valence-corrected chi connectivity index (χ4v) is 2.78. The molecule has 0 aliphatic heterocycles. The van der Waals surface area contributed by atoms with Gasteiger partial charge in [-0.15, -0.1) is 0 Å². The molecule has 1 aromatic heterocycles. The Kier molecular flexibility index (Phi) is 3.33. The van der Waals surface area contributed by atoms with Crippen molar-refractivity contribution in [1.29, 1.82) is 0 Å². The summed E-state index contributed by atoms with van der Waals surface area (Å²) in [6, 6.07) is 8.62. The molecule has 102 valence electrons. The minimum atomic E-state index is -0.293. The quantitative estimate of drug-likeness (QED) is 0.618. The molecule has 0 aliphatic rings. The number of halogens is 3. The van der Waals surface area contributed by atoms with E-state index < -0.39 is 0 Å². The van der Waals surface area contributed by atoms with E-state index in [2.05, 4.69) is 4.98 Å². The van der Waals surface area contributed by atoms with Gasteiger partial charge in [0.25, 0.3) is 0 Å². The topological polar surface area (TPSA) is 43.8 Å². The smallest absolute Gasteiger partial charge is 0.205 e. The van der Waals surface area contributed by atoms with Gasteiger partial charge in [-0.1, -0.05) is 17.7 Å². The van der Waals surface area contributed by atoms with Crippen LogP contribution in [0.5, 0.6) is 0 Å². The molecule has 20 heavy (non-hydrogen) atoms. The van der Waals surface area contributed by atoms with Crippen molar-refractivity contribution in [2.24, 2.45) is 0 Å². The molecule has 0 unspecified atom stereocenters. The number of nitrogen functional groups attached to an aromatic ring is 1. The Hall–Kier alpha value is -1.34. The lowest BCUT2D eigenvalue weighted by Gasteiger charge is -2.10. The van der Waals surface area contributed by atoms with Crippen LogP contribution in [-0.2, 0) is 0 Å². The molecule has 6 heteroatoms. The fourth-order valence-electron chi connectivity index (χ4n) is 2.17. The molecule has 3 nitrogen and oxygen atoms in total. The monoisotopic (exact) mass is 401 g/mol. The van der Waals surface area contributed by atoms with Gasteiger partial charge in [0.2, 0.25) is 5.95 Å². The summed E-state index contributed by atoms with van der Waals surface area (Å²) < 4.78 is 16.1. The second kappa shape index (κ2) is 4.89. The van der Waals surface area contributed by atoms with E-state index in [1.54, 1.807) is 22.8 Å². The third-order valence-corrected chi connectivity index (χ3v) is 4.20. The number of nitrogens with two attached hydrogens (primary N) is 1. The van der Waals surface area contributed by atoms with Crippen LogP contribution < -0.4 is 5.73 Å². The maximum absolute atomic E-state index is 13.8. The van der Waals surface area contributed by atoms with Crippen LogP contribution in [0, 0.1) is 16.3 Å². The second-order valence-electron chi connectivity index (χ2n) is 4.49. The maximum Gasteiger partial charge on any atom is 0.205 e. The number of imidazole rings is 1. The Bertz CT molecular complexity index is 829. The molecule has 0 bridgehead atoms. The molecule has 3 rings (SSSR count). The summed E-state index contributed by atoms with van der Waals surface area (Å²) >= 11 is 7.98. The summed E-state index contributed by atoms with van der Waals surface area (Å²) in [5.74, 6) is 0.0192. The number of fused-ring (bicyclic) bond motifs is 1. The van der Waals surface area contributed by atoms with Gasteiger partial charge >= 0.3 is 0 Å². The average Bonchev–Trinajstić information content (AvgIpc) is 2.69. The lowest BCUT2D eigenvalue weighted by Crippen LogP contribution is -2.02. The highest BCUT2D eigenvalue weighted by molar-refractivity contribution is 14.1. The molecule has 2 N–H and O–H groups in total. The summed E-state index contributed by atoms with van der Waals surface area (Å²) in [6.45, 7) is 1.94. The van der Waals surface area contributed by atoms with Crippen LogP contribution in [0.3, 0.4) is 0 Å².